The molecule has 0 aliphatic heterocycles. The first-order valence-electron chi connectivity index (χ1n) is 10.3. The van der Waals surface area contributed by atoms with Crippen LogP contribution in [0.3, 0.4) is 0 Å². The van der Waals surface area contributed by atoms with E-state index in [1.165, 1.54) is 24.3 Å². The fourth-order valence-electron chi connectivity index (χ4n) is 3.56. The minimum absolute atomic E-state index is 0.151. The lowest BCUT2D eigenvalue weighted by atomic mass is 10.1. The van der Waals surface area contributed by atoms with Crippen molar-refractivity contribution in [2.75, 3.05) is 11.3 Å². The summed E-state index contributed by atoms with van der Waals surface area (Å²) in [5.74, 6) is -0.293. The van der Waals surface area contributed by atoms with Gasteiger partial charge in [0.15, 0.2) is 0 Å². The van der Waals surface area contributed by atoms with E-state index < -0.39 is 20.9 Å². The molecule has 4 rings (SSSR count). The summed E-state index contributed by atoms with van der Waals surface area (Å²) in [7, 11) is -4.16. The Hall–Kier alpha value is -4.18. The average Bonchev–Trinajstić information content (AvgIpc) is 3.18. The van der Waals surface area contributed by atoms with E-state index in [0.717, 1.165) is 6.07 Å². The van der Waals surface area contributed by atoms with Gasteiger partial charge in [0.1, 0.15) is 16.9 Å². The molecule has 1 N–H and O–H groups in total. The number of nitrogens with one attached hydrogen (secondary N) is 1. The third-order valence-corrected chi connectivity index (χ3v) is 6.65. The van der Waals surface area contributed by atoms with Crippen molar-refractivity contribution in [2.24, 2.45) is 0 Å². The zero-order valence-corrected chi connectivity index (χ0v) is 19.1. The van der Waals surface area contributed by atoms with Crippen molar-refractivity contribution in [1.29, 1.82) is 0 Å². The van der Waals surface area contributed by atoms with Gasteiger partial charge in [-0.3, -0.25) is 14.8 Å². The number of ether oxygens (including phenoxy) is 1. The molecule has 3 aromatic carbocycles. The van der Waals surface area contributed by atoms with Gasteiger partial charge < -0.3 is 9.15 Å². The monoisotopic (exact) mass is 480 g/mol. The third kappa shape index (κ3) is 4.35. The predicted molar refractivity (Wildman–Crippen MR) is 126 cm³/mol. The topological polar surface area (TPSA) is 129 Å². The lowest BCUT2D eigenvalue weighted by Crippen LogP contribution is -2.14. The highest BCUT2D eigenvalue weighted by Gasteiger charge is 2.25. The molecule has 0 saturated carbocycles. The fraction of sp³-hybridized carbons (Fsp3) is 0.125. The summed E-state index contributed by atoms with van der Waals surface area (Å²) in [5.41, 5.74) is 1.38. The Morgan fingerprint density at radius 2 is 1.82 bits per heavy atom. The Morgan fingerprint density at radius 1 is 1.09 bits per heavy atom. The Morgan fingerprint density at radius 3 is 2.50 bits per heavy atom. The number of nitrogens with zero attached hydrogens (tertiary/aromatic N) is 1. The van der Waals surface area contributed by atoms with Crippen LogP contribution in [0.15, 0.2) is 76.0 Å². The third-order valence-electron chi connectivity index (χ3n) is 5.13. The normalized spacial score (nSPS) is 11.4. The fourth-order valence-corrected chi connectivity index (χ4v) is 4.88. The first-order valence-corrected chi connectivity index (χ1v) is 11.8. The molecule has 34 heavy (non-hydrogen) atoms. The second-order valence-corrected chi connectivity index (χ2v) is 9.07. The maximum absolute atomic E-state index is 13.0. The number of rotatable bonds is 7. The standard InChI is InChI=1S/C24H20N2O7S/c1-3-32-24(27)22-19-13-17(10-12-20(19)33-23(22)16-7-5-4-6-8-16)25-34(30,31)21-14-18(26(28)29)11-9-15(21)2/h4-14,25H,3H2,1-2H3. The molecule has 0 radical (unpaired) electrons. The molecule has 0 unspecified atom stereocenters. The van der Waals surface area contributed by atoms with Crippen LogP contribution in [-0.2, 0) is 14.8 Å². The molecule has 0 bridgehead atoms. The van der Waals surface area contributed by atoms with Crippen molar-refractivity contribution >= 4 is 38.3 Å². The summed E-state index contributed by atoms with van der Waals surface area (Å²) in [4.78, 5) is 23.0. The SMILES string of the molecule is CCOC(=O)c1c(-c2ccccc2)oc2ccc(NS(=O)(=O)c3cc([N+](=O)[O-])ccc3C)cc12. The van der Waals surface area contributed by atoms with E-state index >= 15 is 0 Å². The number of furan rings is 1. The number of carbonyl (C=O) groups excluding carboxylic acids is 1. The van der Waals surface area contributed by atoms with Gasteiger partial charge in [0.25, 0.3) is 15.7 Å². The van der Waals surface area contributed by atoms with Crippen molar-refractivity contribution in [3.8, 4) is 11.3 Å². The quantitative estimate of drug-likeness (QED) is 0.216. The van der Waals surface area contributed by atoms with E-state index in [4.69, 9.17) is 9.15 Å². The molecule has 10 heteroatoms. The van der Waals surface area contributed by atoms with Crippen LogP contribution in [0.1, 0.15) is 22.8 Å². The first kappa shape index (κ1) is 23.0. The van der Waals surface area contributed by atoms with Crippen molar-refractivity contribution in [1.82, 2.24) is 0 Å². The van der Waals surface area contributed by atoms with Crippen LogP contribution in [-0.4, -0.2) is 25.9 Å². The number of benzene rings is 3. The summed E-state index contributed by atoms with van der Waals surface area (Å²) in [6.45, 7) is 3.38. The molecule has 1 aromatic heterocycles. The zero-order chi connectivity index (χ0) is 24.5. The predicted octanol–water partition coefficient (Wildman–Crippen LogP) is 5.29. The van der Waals surface area contributed by atoms with Crippen molar-refractivity contribution in [3.05, 3.63) is 88.0 Å². The number of hydrogen-bond acceptors (Lipinski definition) is 7. The van der Waals surface area contributed by atoms with E-state index in [1.807, 2.05) is 6.07 Å². The smallest absolute Gasteiger partial charge is 0.342 e. The van der Waals surface area contributed by atoms with Gasteiger partial charge in [-0.15, -0.1) is 0 Å². The number of anilines is 1. The van der Waals surface area contributed by atoms with Gasteiger partial charge in [-0.1, -0.05) is 36.4 Å². The molecule has 174 valence electrons. The molecule has 0 fully saturated rings. The van der Waals surface area contributed by atoms with Crippen molar-refractivity contribution in [3.63, 3.8) is 0 Å². The molecular weight excluding hydrogens is 460 g/mol. The Labute approximate surface area is 195 Å². The summed E-state index contributed by atoms with van der Waals surface area (Å²) in [6, 6.07) is 17.1. The Balaban J connectivity index is 1.81. The summed E-state index contributed by atoms with van der Waals surface area (Å²) >= 11 is 0. The average molecular weight is 480 g/mol. The number of carbonyl (C=O) groups is 1. The number of non-ortho nitro benzene ring substituents is 1. The molecule has 0 atom stereocenters. The van der Waals surface area contributed by atoms with Gasteiger partial charge in [-0.2, -0.15) is 0 Å². The van der Waals surface area contributed by atoms with Crippen LogP contribution >= 0.6 is 0 Å². The number of sulfonamides is 1. The van der Waals surface area contributed by atoms with Crippen LogP contribution in [0.2, 0.25) is 0 Å². The highest BCUT2D eigenvalue weighted by atomic mass is 32.2. The molecule has 1 heterocycles. The van der Waals surface area contributed by atoms with Gasteiger partial charge in [-0.25, -0.2) is 13.2 Å². The number of nitro groups is 1. The van der Waals surface area contributed by atoms with Gasteiger partial charge in [0.05, 0.1) is 16.4 Å². The van der Waals surface area contributed by atoms with Crippen LogP contribution in [0.5, 0.6) is 0 Å². The van der Waals surface area contributed by atoms with E-state index in [1.54, 1.807) is 44.2 Å². The minimum Gasteiger partial charge on any atom is -0.462 e. The molecule has 0 amide bonds. The largest absolute Gasteiger partial charge is 0.462 e. The molecule has 4 aromatic rings. The van der Waals surface area contributed by atoms with Gasteiger partial charge in [-0.05, 0) is 37.6 Å². The van der Waals surface area contributed by atoms with Gasteiger partial charge in [0.2, 0.25) is 0 Å². The maximum atomic E-state index is 13.0. The van der Waals surface area contributed by atoms with Gasteiger partial charge in [0, 0.05) is 28.8 Å². The molecule has 9 nitrogen and oxygen atoms in total. The van der Waals surface area contributed by atoms with Crippen LogP contribution < -0.4 is 4.72 Å². The summed E-state index contributed by atoms with van der Waals surface area (Å²) in [6.07, 6.45) is 0. The second kappa shape index (κ2) is 8.99. The minimum atomic E-state index is -4.16. The Kier molecular flexibility index (Phi) is 6.08. The first-order chi connectivity index (χ1) is 16.2. The summed E-state index contributed by atoms with van der Waals surface area (Å²) in [5, 5.41) is 11.5. The number of nitro benzene ring substituents is 1. The van der Waals surface area contributed by atoms with E-state index in [0.29, 0.717) is 27.9 Å². The molecule has 0 spiro atoms. The zero-order valence-electron chi connectivity index (χ0n) is 18.3. The van der Waals surface area contributed by atoms with Crippen molar-refractivity contribution in [2.45, 2.75) is 18.7 Å². The molecule has 0 aliphatic rings. The lowest BCUT2D eigenvalue weighted by molar-refractivity contribution is -0.385. The van der Waals surface area contributed by atoms with Crippen molar-refractivity contribution < 1.29 is 27.3 Å². The highest BCUT2D eigenvalue weighted by Crippen LogP contribution is 2.36. The number of hydrogen-bond donors (Lipinski definition) is 1. The molecular formula is C24H20N2O7S. The highest BCUT2D eigenvalue weighted by molar-refractivity contribution is 7.92. The van der Waals surface area contributed by atoms with Crippen LogP contribution in [0.4, 0.5) is 11.4 Å². The van der Waals surface area contributed by atoms with E-state index in [9.17, 15) is 23.3 Å². The summed E-state index contributed by atoms with van der Waals surface area (Å²) < 4.78 is 39.6. The molecule has 0 aliphatic carbocycles. The van der Waals surface area contributed by atoms with E-state index in [-0.39, 0.29) is 28.4 Å². The Bertz CT molecular complexity index is 1510. The van der Waals surface area contributed by atoms with Crippen LogP contribution in [0.25, 0.3) is 22.3 Å². The molecule has 0 saturated heterocycles. The van der Waals surface area contributed by atoms with Gasteiger partial charge >= 0.3 is 5.97 Å². The lowest BCUT2D eigenvalue weighted by Gasteiger charge is -2.10. The number of esters is 1. The number of aryl methyl sites for hydroxylation is 1. The van der Waals surface area contributed by atoms with Crippen LogP contribution in [0, 0.1) is 17.0 Å². The maximum Gasteiger partial charge on any atom is 0.342 e. The number of fused-ring (bicyclic) bond motifs is 1. The second-order valence-electron chi connectivity index (χ2n) is 7.42. The van der Waals surface area contributed by atoms with E-state index in [2.05, 4.69) is 4.72 Å².